The number of nitrogens with two attached hydrogens (primary N) is 1. The van der Waals surface area contributed by atoms with Crippen LogP contribution in [0.4, 0.5) is 0 Å². The molecule has 4 heteroatoms. The third-order valence-corrected chi connectivity index (χ3v) is 3.38. The first kappa shape index (κ1) is 13.6. The van der Waals surface area contributed by atoms with Crippen molar-refractivity contribution in [1.29, 1.82) is 0 Å². The first-order chi connectivity index (χ1) is 9.06. The predicted molar refractivity (Wildman–Crippen MR) is 76.7 cm³/mol. The fourth-order valence-corrected chi connectivity index (χ4v) is 2.46. The second-order valence-corrected chi connectivity index (χ2v) is 5.08. The lowest BCUT2D eigenvalue weighted by Gasteiger charge is -2.06. The van der Waals surface area contributed by atoms with Crippen molar-refractivity contribution in [3.05, 3.63) is 35.5 Å². The van der Waals surface area contributed by atoms with Crippen LogP contribution in [0, 0.1) is 0 Å². The van der Waals surface area contributed by atoms with Crippen molar-refractivity contribution >= 4 is 16.9 Å². The Bertz CT molecular complexity index is 599. The second-order valence-electron chi connectivity index (χ2n) is 5.08. The Labute approximate surface area is 112 Å². The van der Waals surface area contributed by atoms with Gasteiger partial charge in [-0.1, -0.05) is 26.0 Å². The van der Waals surface area contributed by atoms with Crippen LogP contribution in [0.25, 0.3) is 10.9 Å². The first-order valence-corrected chi connectivity index (χ1v) is 6.61. The van der Waals surface area contributed by atoms with Crippen molar-refractivity contribution in [2.75, 3.05) is 6.54 Å². The van der Waals surface area contributed by atoms with Crippen LogP contribution in [0.15, 0.2) is 24.4 Å². The molecule has 0 spiro atoms. The van der Waals surface area contributed by atoms with Gasteiger partial charge >= 0.3 is 5.97 Å². The summed E-state index contributed by atoms with van der Waals surface area (Å²) in [5, 5.41) is 10.4. The lowest BCUT2D eigenvalue weighted by molar-refractivity contribution is 0.0698. The van der Waals surface area contributed by atoms with Crippen LogP contribution in [0.1, 0.15) is 42.1 Å². The van der Waals surface area contributed by atoms with Gasteiger partial charge in [0.1, 0.15) is 0 Å². The molecule has 1 aromatic carbocycles. The van der Waals surface area contributed by atoms with Gasteiger partial charge in [-0.15, -0.1) is 0 Å². The van der Waals surface area contributed by atoms with Crippen molar-refractivity contribution in [3.8, 4) is 0 Å². The van der Waals surface area contributed by atoms with Crippen molar-refractivity contribution < 1.29 is 9.90 Å². The standard InChI is InChI=1S/C15H20N2O2/c1-10(2)13-9-17(8-4-7-16)14-11(13)5-3-6-12(14)15(18)19/h3,5-6,9-10H,4,7-8,16H2,1-2H3,(H,18,19). The molecular weight excluding hydrogens is 240 g/mol. The van der Waals surface area contributed by atoms with Gasteiger partial charge in [0.05, 0.1) is 11.1 Å². The van der Waals surface area contributed by atoms with Crippen LogP contribution in [0.2, 0.25) is 0 Å². The van der Waals surface area contributed by atoms with Crippen molar-refractivity contribution in [2.45, 2.75) is 32.7 Å². The summed E-state index contributed by atoms with van der Waals surface area (Å²) in [4.78, 5) is 11.4. The number of fused-ring (bicyclic) bond motifs is 1. The molecule has 0 aliphatic carbocycles. The first-order valence-electron chi connectivity index (χ1n) is 6.61. The highest BCUT2D eigenvalue weighted by Gasteiger charge is 2.17. The predicted octanol–water partition coefficient (Wildman–Crippen LogP) is 2.81. The van der Waals surface area contributed by atoms with E-state index in [0.29, 0.717) is 18.0 Å². The minimum Gasteiger partial charge on any atom is -0.478 e. The summed E-state index contributed by atoms with van der Waals surface area (Å²) in [6, 6.07) is 5.47. The number of aromatic nitrogens is 1. The topological polar surface area (TPSA) is 68.2 Å². The molecule has 19 heavy (non-hydrogen) atoms. The highest BCUT2D eigenvalue weighted by Crippen LogP contribution is 2.30. The second kappa shape index (κ2) is 5.45. The molecule has 0 bridgehead atoms. The van der Waals surface area contributed by atoms with Gasteiger partial charge in [0.15, 0.2) is 0 Å². The SMILES string of the molecule is CC(C)c1cn(CCCN)c2c(C(=O)O)cccc12. The van der Waals surface area contributed by atoms with Crippen molar-refractivity contribution in [3.63, 3.8) is 0 Å². The Hall–Kier alpha value is -1.81. The third-order valence-electron chi connectivity index (χ3n) is 3.38. The zero-order chi connectivity index (χ0) is 14.0. The molecule has 102 valence electrons. The van der Waals surface area contributed by atoms with E-state index in [1.165, 1.54) is 5.56 Å². The molecule has 0 atom stereocenters. The molecule has 1 heterocycles. The molecule has 0 saturated heterocycles. The summed E-state index contributed by atoms with van der Waals surface area (Å²) in [5.41, 5.74) is 7.92. The molecule has 4 nitrogen and oxygen atoms in total. The van der Waals surface area contributed by atoms with Gasteiger partial charge in [-0.3, -0.25) is 0 Å². The van der Waals surface area contributed by atoms with E-state index in [4.69, 9.17) is 5.73 Å². The minimum atomic E-state index is -0.881. The van der Waals surface area contributed by atoms with Gasteiger partial charge in [0.2, 0.25) is 0 Å². The van der Waals surface area contributed by atoms with Gasteiger partial charge in [0, 0.05) is 18.1 Å². The summed E-state index contributed by atoms with van der Waals surface area (Å²) >= 11 is 0. The van der Waals surface area contributed by atoms with Gasteiger partial charge in [-0.05, 0) is 30.5 Å². The monoisotopic (exact) mass is 260 g/mol. The molecular formula is C15H20N2O2. The molecule has 2 rings (SSSR count). The maximum Gasteiger partial charge on any atom is 0.337 e. The van der Waals surface area contributed by atoms with Crippen LogP contribution >= 0.6 is 0 Å². The number of carboxylic acid groups (broad SMARTS) is 1. The maximum absolute atomic E-state index is 11.4. The van der Waals surface area contributed by atoms with E-state index in [2.05, 4.69) is 20.0 Å². The highest BCUT2D eigenvalue weighted by atomic mass is 16.4. The Balaban J connectivity index is 2.68. The minimum absolute atomic E-state index is 0.362. The number of hydrogen-bond donors (Lipinski definition) is 2. The van der Waals surface area contributed by atoms with Gasteiger partial charge < -0.3 is 15.4 Å². The summed E-state index contributed by atoms with van der Waals surface area (Å²) in [7, 11) is 0. The number of carboxylic acids is 1. The Morgan fingerprint density at radius 3 is 2.74 bits per heavy atom. The molecule has 3 N–H and O–H groups in total. The highest BCUT2D eigenvalue weighted by molar-refractivity contribution is 6.03. The average Bonchev–Trinajstić information content (AvgIpc) is 2.75. The fraction of sp³-hybridized carbons (Fsp3) is 0.400. The number of hydrogen-bond acceptors (Lipinski definition) is 2. The van der Waals surface area contributed by atoms with Gasteiger partial charge in [-0.2, -0.15) is 0 Å². The summed E-state index contributed by atoms with van der Waals surface area (Å²) < 4.78 is 2.03. The van der Waals surface area contributed by atoms with E-state index < -0.39 is 5.97 Å². The zero-order valence-electron chi connectivity index (χ0n) is 11.4. The Morgan fingerprint density at radius 2 is 2.16 bits per heavy atom. The van der Waals surface area contributed by atoms with Crippen LogP contribution < -0.4 is 5.73 Å². The van der Waals surface area contributed by atoms with Gasteiger partial charge in [0.25, 0.3) is 0 Å². The van der Waals surface area contributed by atoms with Crippen molar-refractivity contribution in [2.24, 2.45) is 5.73 Å². The van der Waals surface area contributed by atoms with E-state index in [1.807, 2.05) is 16.7 Å². The molecule has 0 amide bonds. The van der Waals surface area contributed by atoms with E-state index in [-0.39, 0.29) is 0 Å². The van der Waals surface area contributed by atoms with Crippen LogP contribution in [0.3, 0.4) is 0 Å². The molecule has 0 radical (unpaired) electrons. The molecule has 1 aromatic heterocycles. The summed E-state index contributed by atoms with van der Waals surface area (Å²) in [5.74, 6) is -0.515. The van der Waals surface area contributed by atoms with E-state index in [9.17, 15) is 9.90 Å². The fourth-order valence-electron chi connectivity index (χ4n) is 2.46. The quantitative estimate of drug-likeness (QED) is 0.868. The normalized spacial score (nSPS) is 11.4. The Morgan fingerprint density at radius 1 is 1.42 bits per heavy atom. The summed E-state index contributed by atoms with van der Waals surface area (Å²) in [6.07, 6.45) is 2.91. The van der Waals surface area contributed by atoms with Crippen molar-refractivity contribution in [1.82, 2.24) is 4.57 Å². The number of para-hydroxylation sites is 1. The number of carbonyl (C=O) groups is 1. The van der Waals surface area contributed by atoms with Crippen LogP contribution in [-0.2, 0) is 6.54 Å². The largest absolute Gasteiger partial charge is 0.478 e. The lowest BCUT2D eigenvalue weighted by atomic mass is 10.0. The number of benzene rings is 1. The molecule has 0 unspecified atom stereocenters. The average molecular weight is 260 g/mol. The van der Waals surface area contributed by atoms with E-state index in [1.54, 1.807) is 6.07 Å². The molecule has 2 aromatic rings. The van der Waals surface area contributed by atoms with E-state index >= 15 is 0 Å². The van der Waals surface area contributed by atoms with Gasteiger partial charge in [-0.25, -0.2) is 4.79 Å². The maximum atomic E-state index is 11.4. The number of aryl methyl sites for hydroxylation is 1. The molecule has 0 aliphatic rings. The molecule has 0 fully saturated rings. The van der Waals surface area contributed by atoms with Crippen LogP contribution in [0.5, 0.6) is 0 Å². The molecule has 0 saturated carbocycles. The number of rotatable bonds is 5. The number of nitrogens with zero attached hydrogens (tertiary/aromatic N) is 1. The third kappa shape index (κ3) is 2.49. The molecule has 0 aliphatic heterocycles. The number of aromatic carboxylic acids is 1. The smallest absolute Gasteiger partial charge is 0.337 e. The van der Waals surface area contributed by atoms with E-state index in [0.717, 1.165) is 23.9 Å². The van der Waals surface area contributed by atoms with Crippen LogP contribution in [-0.4, -0.2) is 22.2 Å². The lowest BCUT2D eigenvalue weighted by Crippen LogP contribution is -2.07. The zero-order valence-corrected chi connectivity index (χ0v) is 11.4. The summed E-state index contributed by atoms with van der Waals surface area (Å²) in [6.45, 7) is 5.60. The Kier molecular flexibility index (Phi) is 3.90.